The molecule has 1 aromatic heterocycles. The molecule has 62 heavy (non-hydrogen) atoms. The highest BCUT2D eigenvalue weighted by molar-refractivity contribution is 7.98. The van der Waals surface area contributed by atoms with Crippen molar-refractivity contribution in [3.8, 4) is 5.75 Å². The number of hydrogen-bond acceptors (Lipinski definition) is 14. The fourth-order valence-corrected chi connectivity index (χ4v) is 8.38. The molecule has 0 aliphatic carbocycles. The van der Waals surface area contributed by atoms with Gasteiger partial charge in [-0.05, 0) is 75.1 Å². The summed E-state index contributed by atoms with van der Waals surface area (Å²) in [6.07, 6.45) is 4.04. The second kappa shape index (κ2) is 26.2. The van der Waals surface area contributed by atoms with Crippen LogP contribution < -0.4 is 21.5 Å². The molecule has 1 aromatic carbocycles. The highest BCUT2D eigenvalue weighted by Gasteiger charge is 2.39. The summed E-state index contributed by atoms with van der Waals surface area (Å²) in [6, 6.07) is 4.20. The molecule has 0 saturated carbocycles. The number of likely N-dealkylation sites (N-methyl/N-ethyl adjacent to an activating group) is 1. The number of aromatic nitrogens is 1. The number of esters is 1. The summed E-state index contributed by atoms with van der Waals surface area (Å²) in [5, 5.41) is 17.8. The number of thioether (sulfide) groups is 1. The Hall–Kier alpha value is -4.46. The number of nitrogens with one attached hydrogen (secondary N) is 4. The van der Waals surface area contributed by atoms with E-state index in [1.54, 1.807) is 29.3 Å². The minimum atomic E-state index is -0.942. The summed E-state index contributed by atoms with van der Waals surface area (Å²) in [7, 11) is 3.41. The fraction of sp³-hybridized carbons (Fsp3) is 0.651. The zero-order chi connectivity index (χ0) is 45.9. The molecule has 19 heteroatoms. The molecular weight excluding hydrogens is 839 g/mol. The molecule has 3 rings (SSSR count). The zero-order valence-corrected chi connectivity index (χ0v) is 39.2. The van der Waals surface area contributed by atoms with E-state index in [9.17, 15) is 33.9 Å². The van der Waals surface area contributed by atoms with E-state index in [1.165, 1.54) is 37.9 Å². The third-order valence-corrected chi connectivity index (χ3v) is 12.5. The Bertz CT molecular complexity index is 1760. The smallest absolute Gasteiger partial charge is 0.426 e. The maximum absolute atomic E-state index is 14.6. The number of benzene rings is 1. The number of carbonyl (C=O) groups is 6. The summed E-state index contributed by atoms with van der Waals surface area (Å²) >= 11 is 2.64. The first-order valence-corrected chi connectivity index (χ1v) is 23.5. The number of phenolic OH excluding ortho intramolecular Hbond substituents is 1. The molecule has 5 amide bonds. The Morgan fingerprint density at radius 3 is 2.35 bits per heavy atom. The van der Waals surface area contributed by atoms with E-state index < -0.39 is 54.0 Å². The van der Waals surface area contributed by atoms with Crippen molar-refractivity contribution >= 4 is 58.8 Å². The molecule has 7 atom stereocenters. The molecule has 1 aliphatic rings. The summed E-state index contributed by atoms with van der Waals surface area (Å²) < 4.78 is 16.4. The number of nitrogens with zero attached hydrogens (tertiary/aromatic N) is 3. The van der Waals surface area contributed by atoms with Crippen molar-refractivity contribution in [2.24, 2.45) is 17.8 Å². The molecular formula is C43H67N7O10S2. The summed E-state index contributed by atoms with van der Waals surface area (Å²) in [5.41, 5.74) is 5.45. The van der Waals surface area contributed by atoms with Gasteiger partial charge >= 0.3 is 12.1 Å². The van der Waals surface area contributed by atoms with E-state index in [0.717, 1.165) is 36.3 Å². The van der Waals surface area contributed by atoms with Crippen LogP contribution in [0.1, 0.15) is 107 Å². The first-order valence-electron chi connectivity index (χ1n) is 21.2. The van der Waals surface area contributed by atoms with Crippen molar-refractivity contribution in [2.75, 3.05) is 46.0 Å². The van der Waals surface area contributed by atoms with Crippen LogP contribution in [0.2, 0.25) is 0 Å². The van der Waals surface area contributed by atoms with Gasteiger partial charge in [-0.15, -0.1) is 11.3 Å². The lowest BCUT2D eigenvalue weighted by Gasteiger charge is -2.39. The Kier molecular flexibility index (Phi) is 22.0. The van der Waals surface area contributed by atoms with Crippen LogP contribution in [0, 0.1) is 17.8 Å². The Morgan fingerprint density at radius 1 is 1.03 bits per heavy atom. The number of methoxy groups -OCH3 is 1. The monoisotopic (exact) mass is 905 g/mol. The van der Waals surface area contributed by atoms with Crippen LogP contribution in [0.15, 0.2) is 29.6 Å². The van der Waals surface area contributed by atoms with Gasteiger partial charge in [0.1, 0.15) is 35.8 Å². The predicted molar refractivity (Wildman–Crippen MR) is 238 cm³/mol. The van der Waals surface area contributed by atoms with Gasteiger partial charge in [0.05, 0.1) is 6.04 Å². The van der Waals surface area contributed by atoms with Crippen LogP contribution in [0.5, 0.6) is 5.75 Å². The molecule has 1 unspecified atom stereocenters. The van der Waals surface area contributed by atoms with Gasteiger partial charge in [-0.3, -0.25) is 34.3 Å². The molecule has 1 saturated heterocycles. The lowest BCUT2D eigenvalue weighted by molar-refractivity contribution is -0.152. The van der Waals surface area contributed by atoms with E-state index in [1.807, 2.05) is 45.9 Å². The number of aromatic hydroxyl groups is 1. The van der Waals surface area contributed by atoms with Gasteiger partial charge in [-0.25, -0.2) is 15.2 Å². The van der Waals surface area contributed by atoms with Crippen molar-refractivity contribution in [2.45, 2.75) is 117 Å². The maximum Gasteiger partial charge on any atom is 0.426 e. The van der Waals surface area contributed by atoms with Gasteiger partial charge in [-0.2, -0.15) is 11.8 Å². The molecule has 2 aromatic rings. The number of phenols is 1. The molecule has 0 spiro atoms. The molecule has 0 bridgehead atoms. The van der Waals surface area contributed by atoms with E-state index in [0.29, 0.717) is 30.0 Å². The SMILES string of the molecule is CCC(C)[C@H](NC(=O)[C@H]1CCCCN1C)C(=O)N(COC)[C@H](C[C@@H](OC(C)=O)c1nc(C(=O)N[C@@H](Cc2ccc(O)cc2)C[C@H](C)C(=O)NNC(=O)OCCSC)cs1)C(C)C. The number of amides is 5. The number of hydrogen-bond donors (Lipinski definition) is 5. The van der Waals surface area contributed by atoms with Crippen LogP contribution in [-0.4, -0.2) is 126 Å². The number of carbonyl (C=O) groups excluding carboxylic acids is 6. The van der Waals surface area contributed by atoms with Crippen molar-refractivity contribution in [3.05, 3.63) is 45.9 Å². The molecule has 346 valence electrons. The van der Waals surface area contributed by atoms with Gasteiger partial charge in [0, 0.05) is 49.6 Å². The third kappa shape index (κ3) is 16.3. The van der Waals surface area contributed by atoms with E-state index in [2.05, 4.69) is 26.5 Å². The number of piperidine rings is 1. The molecule has 2 heterocycles. The number of likely N-dealkylation sites (tertiary alicyclic amines) is 1. The highest BCUT2D eigenvalue weighted by atomic mass is 32.2. The molecule has 5 N–H and O–H groups in total. The lowest BCUT2D eigenvalue weighted by Crippen LogP contribution is -2.59. The molecule has 0 radical (unpaired) electrons. The van der Waals surface area contributed by atoms with Crippen molar-refractivity contribution < 1.29 is 48.1 Å². The first-order chi connectivity index (χ1) is 29.5. The van der Waals surface area contributed by atoms with Gasteiger partial charge in [0.25, 0.3) is 5.91 Å². The van der Waals surface area contributed by atoms with Crippen molar-refractivity contribution in [1.82, 2.24) is 36.3 Å². The van der Waals surface area contributed by atoms with E-state index >= 15 is 0 Å². The van der Waals surface area contributed by atoms with Crippen LogP contribution in [0.4, 0.5) is 4.79 Å². The number of rotatable bonds is 23. The predicted octanol–water partition coefficient (Wildman–Crippen LogP) is 4.80. The number of thiazole rings is 1. The van der Waals surface area contributed by atoms with Gasteiger partial charge in [0.15, 0.2) is 6.10 Å². The standard InChI is InChI=1S/C43H67N7O10S2/c1-10-27(4)37(46-40(55)34-13-11-12-18-49(34)7)42(56)50(25-58-8)35(26(2)3)23-36(60-29(6)51)41-45-33(24-62-41)39(54)44-31(22-30-14-16-32(52)17-15-30)21-28(5)38(53)47-48-43(57)59-19-20-61-9/h14-17,24,26-28,31,34-37,52H,10-13,18-23,25H2,1-9H3,(H,44,54)(H,46,55)(H,47,53)(H,48,57)/t27?,28-,31+,34+,35+,36+,37-/m0/s1. The Balaban J connectivity index is 1.85. The normalized spacial score (nSPS) is 17.1. The quantitative estimate of drug-likeness (QED) is 0.0439. The van der Waals surface area contributed by atoms with E-state index in [4.69, 9.17) is 14.2 Å². The molecule has 1 aliphatic heterocycles. The fourth-order valence-electron chi connectivity index (χ4n) is 7.29. The second-order valence-electron chi connectivity index (χ2n) is 16.2. The van der Waals surface area contributed by atoms with Crippen molar-refractivity contribution in [1.29, 1.82) is 0 Å². The minimum Gasteiger partial charge on any atom is -0.508 e. The van der Waals surface area contributed by atoms with Gasteiger partial charge in [-0.1, -0.05) is 59.6 Å². The average molecular weight is 906 g/mol. The zero-order valence-electron chi connectivity index (χ0n) is 37.6. The first kappa shape index (κ1) is 51.9. The topological polar surface area (TPSA) is 218 Å². The van der Waals surface area contributed by atoms with Gasteiger partial charge in [0.2, 0.25) is 17.7 Å². The van der Waals surface area contributed by atoms with Crippen molar-refractivity contribution in [3.63, 3.8) is 0 Å². The average Bonchev–Trinajstić information content (AvgIpc) is 3.74. The minimum absolute atomic E-state index is 0.0581. The number of hydrazine groups is 1. The van der Waals surface area contributed by atoms with Crippen LogP contribution >= 0.6 is 23.1 Å². The van der Waals surface area contributed by atoms with Crippen LogP contribution in [0.3, 0.4) is 0 Å². The number of ether oxygens (including phenoxy) is 3. The summed E-state index contributed by atoms with van der Waals surface area (Å²) in [5.74, 6) is -2.44. The van der Waals surface area contributed by atoms with E-state index in [-0.39, 0.29) is 67.3 Å². The Morgan fingerprint density at radius 2 is 1.74 bits per heavy atom. The summed E-state index contributed by atoms with van der Waals surface area (Å²) in [6.45, 7) is 11.6. The van der Waals surface area contributed by atoms with Crippen LogP contribution in [0.25, 0.3) is 0 Å². The Labute approximate surface area is 374 Å². The maximum atomic E-state index is 14.6. The third-order valence-electron chi connectivity index (χ3n) is 11.0. The highest BCUT2D eigenvalue weighted by Crippen LogP contribution is 2.32. The van der Waals surface area contributed by atoms with Gasteiger partial charge < -0.3 is 34.9 Å². The van der Waals surface area contributed by atoms with Crippen LogP contribution in [-0.2, 0) is 39.8 Å². The lowest BCUT2D eigenvalue weighted by atomic mass is 9.92. The molecule has 1 fully saturated rings. The largest absolute Gasteiger partial charge is 0.508 e. The summed E-state index contributed by atoms with van der Waals surface area (Å²) in [4.78, 5) is 87.8. The molecule has 17 nitrogen and oxygen atoms in total. The second-order valence-corrected chi connectivity index (χ2v) is 18.1.